The third-order valence-corrected chi connectivity index (χ3v) is 6.10. The van der Waals surface area contributed by atoms with Crippen LogP contribution in [0.2, 0.25) is 0 Å². The average Bonchev–Trinajstić information content (AvgIpc) is 2.73. The number of aryl methyl sites for hydroxylation is 3. The van der Waals surface area contributed by atoms with Crippen LogP contribution in [-0.4, -0.2) is 30.9 Å². The van der Waals surface area contributed by atoms with Crippen LogP contribution in [0.15, 0.2) is 70.0 Å². The van der Waals surface area contributed by atoms with E-state index in [1.54, 1.807) is 18.2 Å². The van der Waals surface area contributed by atoms with E-state index < -0.39 is 10.0 Å². The number of anilines is 2. The van der Waals surface area contributed by atoms with Crippen molar-refractivity contribution in [1.29, 1.82) is 0 Å². The molecule has 0 fully saturated rings. The zero-order valence-corrected chi connectivity index (χ0v) is 17.7. The van der Waals surface area contributed by atoms with Crippen molar-refractivity contribution in [2.24, 2.45) is 4.40 Å². The zero-order chi connectivity index (χ0) is 21.1. The van der Waals surface area contributed by atoms with Crippen LogP contribution in [0.3, 0.4) is 0 Å². The topological polar surface area (TPSA) is 87.5 Å². The Morgan fingerprint density at radius 2 is 1.67 bits per heavy atom. The first-order valence-corrected chi connectivity index (χ1v) is 11.2. The number of hydrogen-bond donors (Lipinski definition) is 1. The SMILES string of the molecule is Cc1cc(C)nc(NC(=NS(=O)(=O)c2ccccc2)N2CCCc3ccccc32)n1. The molecule has 0 amide bonds. The summed E-state index contributed by atoms with van der Waals surface area (Å²) in [6.07, 6.45) is 1.82. The number of nitrogens with one attached hydrogen (secondary N) is 1. The Balaban J connectivity index is 1.81. The molecule has 0 aliphatic carbocycles. The maximum atomic E-state index is 13.0. The first-order chi connectivity index (χ1) is 14.4. The van der Waals surface area contributed by atoms with Gasteiger partial charge in [-0.15, -0.1) is 4.40 Å². The monoisotopic (exact) mass is 421 g/mol. The fraction of sp³-hybridized carbons (Fsp3) is 0.227. The van der Waals surface area contributed by atoms with Crippen molar-refractivity contribution < 1.29 is 8.42 Å². The highest BCUT2D eigenvalue weighted by Crippen LogP contribution is 2.28. The zero-order valence-electron chi connectivity index (χ0n) is 16.9. The molecule has 8 heteroatoms. The number of fused-ring (bicyclic) bond motifs is 1. The van der Waals surface area contributed by atoms with Crippen LogP contribution in [0.4, 0.5) is 11.6 Å². The van der Waals surface area contributed by atoms with E-state index >= 15 is 0 Å². The highest BCUT2D eigenvalue weighted by atomic mass is 32.2. The van der Waals surface area contributed by atoms with Gasteiger partial charge in [0.05, 0.1) is 4.90 Å². The van der Waals surface area contributed by atoms with Crippen LogP contribution < -0.4 is 10.2 Å². The molecule has 1 aliphatic heterocycles. The van der Waals surface area contributed by atoms with E-state index in [-0.39, 0.29) is 10.9 Å². The smallest absolute Gasteiger partial charge is 0.285 e. The normalized spacial score (nSPS) is 14.3. The minimum Gasteiger partial charge on any atom is -0.311 e. The highest BCUT2D eigenvalue weighted by Gasteiger charge is 2.24. The van der Waals surface area contributed by atoms with Crippen LogP contribution in [0.5, 0.6) is 0 Å². The third-order valence-electron chi connectivity index (χ3n) is 4.82. The van der Waals surface area contributed by atoms with E-state index in [9.17, 15) is 8.42 Å². The number of nitrogens with zero attached hydrogens (tertiary/aromatic N) is 4. The lowest BCUT2D eigenvalue weighted by atomic mass is 10.0. The van der Waals surface area contributed by atoms with Gasteiger partial charge in [0.2, 0.25) is 11.9 Å². The van der Waals surface area contributed by atoms with Gasteiger partial charge in [0.25, 0.3) is 10.0 Å². The number of sulfonamides is 1. The summed E-state index contributed by atoms with van der Waals surface area (Å²) < 4.78 is 30.2. The summed E-state index contributed by atoms with van der Waals surface area (Å²) in [6.45, 7) is 4.37. The molecule has 0 saturated carbocycles. The lowest BCUT2D eigenvalue weighted by Crippen LogP contribution is -2.41. The van der Waals surface area contributed by atoms with Crippen molar-refractivity contribution in [2.75, 3.05) is 16.8 Å². The average molecular weight is 422 g/mol. The van der Waals surface area contributed by atoms with Crippen LogP contribution in [0, 0.1) is 13.8 Å². The molecule has 0 unspecified atom stereocenters. The molecule has 0 bridgehead atoms. The minimum atomic E-state index is -3.92. The second-order valence-corrected chi connectivity index (χ2v) is 8.79. The molecule has 0 radical (unpaired) electrons. The summed E-state index contributed by atoms with van der Waals surface area (Å²) in [5, 5.41) is 3.07. The lowest BCUT2D eigenvalue weighted by Gasteiger charge is -2.31. The fourth-order valence-corrected chi connectivity index (χ4v) is 4.51. The maximum Gasteiger partial charge on any atom is 0.285 e. The molecule has 0 atom stereocenters. The number of rotatable bonds is 3. The number of para-hydroxylation sites is 1. The van der Waals surface area contributed by atoms with Gasteiger partial charge < -0.3 is 4.90 Å². The van der Waals surface area contributed by atoms with Crippen molar-refractivity contribution in [3.63, 3.8) is 0 Å². The van der Waals surface area contributed by atoms with Crippen molar-refractivity contribution in [3.8, 4) is 0 Å². The van der Waals surface area contributed by atoms with Crippen molar-refractivity contribution in [3.05, 3.63) is 77.6 Å². The minimum absolute atomic E-state index is 0.135. The van der Waals surface area contributed by atoms with Gasteiger partial charge in [-0.2, -0.15) is 8.42 Å². The Morgan fingerprint density at radius 3 is 2.40 bits per heavy atom. The van der Waals surface area contributed by atoms with Crippen LogP contribution >= 0.6 is 0 Å². The van der Waals surface area contributed by atoms with Gasteiger partial charge >= 0.3 is 0 Å². The van der Waals surface area contributed by atoms with Gasteiger partial charge in [-0.1, -0.05) is 36.4 Å². The Labute approximate surface area is 176 Å². The predicted molar refractivity (Wildman–Crippen MR) is 118 cm³/mol. The molecule has 1 N–H and O–H groups in total. The van der Waals surface area contributed by atoms with Gasteiger partial charge in [0.15, 0.2) is 0 Å². The van der Waals surface area contributed by atoms with Crippen LogP contribution in [-0.2, 0) is 16.4 Å². The van der Waals surface area contributed by atoms with Gasteiger partial charge in [-0.05, 0) is 56.5 Å². The molecule has 1 aliphatic rings. The summed E-state index contributed by atoms with van der Waals surface area (Å²) in [4.78, 5) is 10.8. The molecule has 2 heterocycles. The second-order valence-electron chi connectivity index (χ2n) is 7.19. The molecule has 1 aromatic heterocycles. The second kappa shape index (κ2) is 8.23. The molecule has 30 heavy (non-hydrogen) atoms. The molecule has 154 valence electrons. The number of benzene rings is 2. The van der Waals surface area contributed by atoms with E-state index in [0.29, 0.717) is 12.5 Å². The predicted octanol–water partition coefficient (Wildman–Crippen LogP) is 3.70. The number of guanidine groups is 1. The molecule has 3 aromatic rings. The van der Waals surface area contributed by atoms with Gasteiger partial charge in [-0.25, -0.2) is 9.97 Å². The van der Waals surface area contributed by atoms with Gasteiger partial charge in [0.1, 0.15) is 0 Å². The Kier molecular flexibility index (Phi) is 5.50. The van der Waals surface area contributed by atoms with Crippen LogP contribution in [0.25, 0.3) is 0 Å². The molecule has 4 rings (SSSR count). The van der Waals surface area contributed by atoms with E-state index in [2.05, 4.69) is 25.7 Å². The molecular weight excluding hydrogens is 398 g/mol. The standard InChI is InChI=1S/C22H23N5O2S/c1-16-15-17(2)24-21(23-16)25-22(26-30(28,29)19-11-4-3-5-12-19)27-14-8-10-18-9-6-7-13-20(18)27/h3-7,9,11-13,15H,8,10,14H2,1-2H3,(H,23,24,25,26). The van der Waals surface area contributed by atoms with Crippen molar-refractivity contribution in [1.82, 2.24) is 9.97 Å². The van der Waals surface area contributed by atoms with E-state index in [1.165, 1.54) is 12.1 Å². The highest BCUT2D eigenvalue weighted by molar-refractivity contribution is 7.90. The third kappa shape index (κ3) is 4.33. The molecule has 0 saturated heterocycles. The first-order valence-electron chi connectivity index (χ1n) is 9.77. The van der Waals surface area contributed by atoms with E-state index in [1.807, 2.05) is 43.0 Å². The Hall–Kier alpha value is -3.26. The van der Waals surface area contributed by atoms with E-state index in [0.717, 1.165) is 35.5 Å². The Bertz CT molecular complexity index is 1170. The Morgan fingerprint density at radius 1 is 1.00 bits per heavy atom. The largest absolute Gasteiger partial charge is 0.311 e. The molecule has 2 aromatic carbocycles. The molecular formula is C22H23N5O2S. The molecule has 7 nitrogen and oxygen atoms in total. The fourth-order valence-electron chi connectivity index (χ4n) is 3.53. The summed E-state index contributed by atoms with van der Waals surface area (Å²) >= 11 is 0. The molecule has 0 spiro atoms. The van der Waals surface area contributed by atoms with Crippen LogP contribution in [0.1, 0.15) is 23.4 Å². The summed E-state index contributed by atoms with van der Waals surface area (Å²) in [5.41, 5.74) is 3.66. The number of hydrogen-bond acceptors (Lipinski definition) is 4. The summed E-state index contributed by atoms with van der Waals surface area (Å²) in [6, 6.07) is 18.0. The van der Waals surface area contributed by atoms with Crippen molar-refractivity contribution in [2.45, 2.75) is 31.6 Å². The number of aromatic nitrogens is 2. The quantitative estimate of drug-likeness (QED) is 0.512. The maximum absolute atomic E-state index is 13.0. The van der Waals surface area contributed by atoms with Gasteiger partial charge in [0, 0.05) is 23.6 Å². The first kappa shape index (κ1) is 20.0. The van der Waals surface area contributed by atoms with E-state index in [4.69, 9.17) is 0 Å². The summed E-state index contributed by atoms with van der Waals surface area (Å²) in [5.74, 6) is 0.508. The van der Waals surface area contributed by atoms with Crippen molar-refractivity contribution >= 4 is 27.6 Å². The van der Waals surface area contributed by atoms with Gasteiger partial charge in [-0.3, -0.25) is 5.32 Å². The summed E-state index contributed by atoms with van der Waals surface area (Å²) in [7, 11) is -3.92. The lowest BCUT2D eigenvalue weighted by molar-refractivity contribution is 0.598.